The molecule has 0 aliphatic carbocycles. The Morgan fingerprint density at radius 1 is 0.813 bits per heavy atom. The van der Waals surface area contributed by atoms with Crippen molar-refractivity contribution in [3.63, 3.8) is 0 Å². The van der Waals surface area contributed by atoms with Gasteiger partial charge >= 0.3 is 5.69 Å². The number of ether oxygens (including phenoxy) is 1. The van der Waals surface area contributed by atoms with E-state index in [9.17, 15) is 33.0 Å². The lowest BCUT2D eigenvalue weighted by Gasteiger charge is -2.40. The summed E-state index contributed by atoms with van der Waals surface area (Å²) in [6.07, 6.45) is 6.59. The molecule has 4 N–H and O–H groups in total. The summed E-state index contributed by atoms with van der Waals surface area (Å²) in [5.41, 5.74) is 4.58. The number of rotatable bonds is 14. The number of likely N-dealkylation sites (tertiary alicyclic amines) is 1. The van der Waals surface area contributed by atoms with Crippen molar-refractivity contribution in [1.82, 2.24) is 39.4 Å². The van der Waals surface area contributed by atoms with Crippen LogP contribution in [0.4, 0.5) is 34.5 Å². The van der Waals surface area contributed by atoms with E-state index in [1.165, 1.54) is 21.7 Å². The molecule has 75 heavy (non-hydrogen) atoms. The van der Waals surface area contributed by atoms with E-state index in [4.69, 9.17) is 4.74 Å². The number of aromatic hydroxyl groups is 2. The zero-order valence-electron chi connectivity index (χ0n) is 42.8. The summed E-state index contributed by atoms with van der Waals surface area (Å²) in [5, 5.41) is 30.7. The lowest BCUT2D eigenvalue weighted by Crippen LogP contribution is -2.49. The fourth-order valence-electron chi connectivity index (χ4n) is 10.9. The number of amides is 2. The summed E-state index contributed by atoms with van der Waals surface area (Å²) in [7, 11) is -2.36. The normalized spacial score (nSPS) is 17.2. The predicted molar refractivity (Wildman–Crippen MR) is 287 cm³/mol. The fourth-order valence-corrected chi connectivity index (χ4v) is 11.8. The first-order valence-electron chi connectivity index (χ1n) is 25.8. The predicted octanol–water partition coefficient (Wildman–Crippen LogP) is 6.09. The molecular formula is C54H64N12O8S. The molecule has 0 atom stereocenters. The highest BCUT2D eigenvalue weighted by atomic mass is 32.2. The molecule has 4 aliphatic heterocycles. The number of nitrogens with zero attached hydrogens (tertiary/aromatic N) is 10. The van der Waals surface area contributed by atoms with Gasteiger partial charge < -0.3 is 39.9 Å². The van der Waals surface area contributed by atoms with Gasteiger partial charge in [0, 0.05) is 96.2 Å². The van der Waals surface area contributed by atoms with E-state index >= 15 is 0 Å². The Morgan fingerprint density at radius 3 is 2.23 bits per heavy atom. The molecule has 3 fully saturated rings. The molecule has 4 aromatic carbocycles. The topological polar surface area (TPSA) is 226 Å². The number of H-pyrrole nitrogens is 1. The van der Waals surface area contributed by atoms with Gasteiger partial charge in [-0.15, -0.1) is 0 Å². The van der Waals surface area contributed by atoms with Crippen molar-refractivity contribution < 1.29 is 33.0 Å². The molecule has 6 aromatic rings. The third kappa shape index (κ3) is 10.6. The Bertz CT molecular complexity index is 3250. The number of benzene rings is 4. The number of piperidine rings is 2. The summed E-state index contributed by atoms with van der Waals surface area (Å²) in [6, 6.07) is 23.2. The van der Waals surface area contributed by atoms with Crippen molar-refractivity contribution >= 4 is 56.4 Å². The van der Waals surface area contributed by atoms with Crippen LogP contribution in [0.1, 0.15) is 61.0 Å². The number of phenolic OH excluding ortho intramolecular Hbond substituents is 2. The maximum absolute atomic E-state index is 13.9. The van der Waals surface area contributed by atoms with Gasteiger partial charge in [-0.2, -0.15) is 10.1 Å². The summed E-state index contributed by atoms with van der Waals surface area (Å²) in [6.45, 7) is 12.9. The second-order valence-electron chi connectivity index (χ2n) is 19.9. The van der Waals surface area contributed by atoms with Crippen LogP contribution < -0.4 is 29.8 Å². The molecule has 21 heteroatoms. The number of phenols is 2. The first-order valence-corrected chi connectivity index (χ1v) is 27.6. The third-order valence-corrected chi connectivity index (χ3v) is 16.0. The Balaban J connectivity index is 0.685. The van der Waals surface area contributed by atoms with E-state index in [0.29, 0.717) is 47.2 Å². The van der Waals surface area contributed by atoms with Crippen LogP contribution in [-0.4, -0.2) is 149 Å². The van der Waals surface area contributed by atoms with Crippen molar-refractivity contribution in [2.45, 2.75) is 52.5 Å². The number of sulfonamides is 1. The molecule has 0 bridgehead atoms. The molecule has 0 spiro atoms. The van der Waals surface area contributed by atoms with Gasteiger partial charge in [0.25, 0.3) is 5.91 Å². The number of fused-ring (bicyclic) bond motifs is 2. The van der Waals surface area contributed by atoms with Crippen LogP contribution in [0.2, 0.25) is 0 Å². The molecule has 20 nitrogen and oxygen atoms in total. The van der Waals surface area contributed by atoms with Gasteiger partial charge in [-0.1, -0.05) is 31.2 Å². The summed E-state index contributed by atoms with van der Waals surface area (Å²) in [5.74, 6) is 1.26. The highest BCUT2D eigenvalue weighted by molar-refractivity contribution is 7.92. The second kappa shape index (κ2) is 21.4. The first-order chi connectivity index (χ1) is 36.2. The molecular weight excluding hydrogens is 977 g/mol. The maximum atomic E-state index is 13.9. The molecule has 3 saturated heterocycles. The van der Waals surface area contributed by atoms with Crippen molar-refractivity contribution in [2.75, 3.05) is 98.2 Å². The highest BCUT2D eigenvalue weighted by Crippen LogP contribution is 2.42. The van der Waals surface area contributed by atoms with Crippen LogP contribution in [0.25, 0.3) is 17.1 Å². The maximum Gasteiger partial charge on any atom is 0.348 e. The van der Waals surface area contributed by atoms with E-state index in [0.717, 1.165) is 113 Å². The molecule has 394 valence electrons. The van der Waals surface area contributed by atoms with E-state index in [1.807, 2.05) is 56.3 Å². The van der Waals surface area contributed by atoms with Gasteiger partial charge in [0.15, 0.2) is 11.6 Å². The molecule has 2 amide bonds. The summed E-state index contributed by atoms with van der Waals surface area (Å²) < 4.78 is 35.1. The van der Waals surface area contributed by atoms with E-state index in [-0.39, 0.29) is 63.8 Å². The number of aromatic nitrogens is 5. The Morgan fingerprint density at radius 2 is 1.52 bits per heavy atom. The van der Waals surface area contributed by atoms with Gasteiger partial charge in [0.2, 0.25) is 21.9 Å². The minimum absolute atomic E-state index is 0.00203. The van der Waals surface area contributed by atoms with Crippen LogP contribution in [0.15, 0.2) is 89.9 Å². The van der Waals surface area contributed by atoms with Crippen LogP contribution in [0, 0.1) is 11.8 Å². The molecule has 2 aromatic heterocycles. The highest BCUT2D eigenvalue weighted by Gasteiger charge is 2.36. The average molecular weight is 1040 g/mol. The monoisotopic (exact) mass is 1040 g/mol. The van der Waals surface area contributed by atoms with E-state index in [1.54, 1.807) is 37.4 Å². The number of hydrogen-bond donors (Lipinski definition) is 4. The first kappa shape index (κ1) is 51.0. The lowest BCUT2D eigenvalue weighted by molar-refractivity contribution is -0.137. The van der Waals surface area contributed by atoms with Gasteiger partial charge in [-0.25, -0.2) is 32.2 Å². The van der Waals surface area contributed by atoms with E-state index in [2.05, 4.69) is 45.1 Å². The number of piperazine rings is 1. The second-order valence-corrected chi connectivity index (χ2v) is 21.7. The zero-order chi connectivity index (χ0) is 52.5. The van der Waals surface area contributed by atoms with Crippen molar-refractivity contribution in [3.05, 3.63) is 112 Å². The molecule has 6 heterocycles. The number of para-hydroxylation sites is 1. The minimum atomic E-state index is -3.93. The van der Waals surface area contributed by atoms with E-state index < -0.39 is 15.7 Å². The molecule has 0 saturated carbocycles. The minimum Gasteiger partial charge on any atom is -0.508 e. The Hall–Kier alpha value is -7.49. The Kier molecular flexibility index (Phi) is 14.6. The number of nitrogens with one attached hydrogen (secondary N) is 2. The van der Waals surface area contributed by atoms with Crippen LogP contribution in [0.3, 0.4) is 0 Å². The standard InChI is InChI=1S/C54H64N12O8S/c1-5-37-29-42(47(68)31-46(37)67)49-58-59-54(71)65(49)39-13-11-35(12-14-39)33-61-25-27-62(28-26-61)34-36-17-21-64(22-18-36)51(69)38-19-23-63(24-20-38)40-15-16-43(48(30-40)74-6-2)56-53-55-32-45-50(57-53)66(75(4,72)73)44-10-8-7-9-41(44)52(70)60(45)3/h7-16,29-32,36,38,67-68H,5-6,17-28,33-34H2,1-4H3,(H,59,71)(H,55,56,57). The fraction of sp³-hybridized carbons (Fsp3) is 0.407. The third-order valence-electron chi connectivity index (χ3n) is 15.0. The lowest BCUT2D eigenvalue weighted by atomic mass is 9.91. The average Bonchev–Trinajstić information content (AvgIpc) is 3.76. The summed E-state index contributed by atoms with van der Waals surface area (Å²) >= 11 is 0. The van der Waals surface area contributed by atoms with Crippen molar-refractivity contribution in [3.8, 4) is 34.3 Å². The smallest absolute Gasteiger partial charge is 0.348 e. The van der Waals surface area contributed by atoms with Gasteiger partial charge in [0.1, 0.15) is 22.9 Å². The molecule has 0 unspecified atom stereocenters. The van der Waals surface area contributed by atoms with Gasteiger partial charge in [-0.05, 0) is 98.5 Å². The number of hydrogen-bond acceptors (Lipinski definition) is 15. The van der Waals surface area contributed by atoms with Crippen molar-refractivity contribution in [2.24, 2.45) is 11.8 Å². The van der Waals surface area contributed by atoms with Gasteiger partial charge in [-0.3, -0.25) is 14.5 Å². The SMILES string of the molecule is CCOc1cc(N2CCC(C(=O)N3CCC(CN4CCN(Cc5ccc(-n6c(-c7cc(CC)c(O)cc7O)n[nH]c6=O)cc5)CC4)CC3)CC2)ccc1Nc1ncc2c(n1)N(S(C)(=O)=O)c1ccccc1C(=O)N2C. The van der Waals surface area contributed by atoms with Crippen molar-refractivity contribution in [1.29, 1.82) is 0 Å². The Labute approximate surface area is 436 Å². The summed E-state index contributed by atoms with van der Waals surface area (Å²) in [4.78, 5) is 60.0. The molecule has 10 rings (SSSR count). The number of aryl methyl sites for hydroxylation is 1. The van der Waals surface area contributed by atoms with Crippen LogP contribution in [0.5, 0.6) is 17.2 Å². The van der Waals surface area contributed by atoms with Crippen LogP contribution in [-0.2, 0) is 27.8 Å². The number of anilines is 6. The van der Waals surface area contributed by atoms with Crippen LogP contribution >= 0.6 is 0 Å². The number of carbonyl (C=O) groups excluding carboxylic acids is 2. The molecule has 0 radical (unpaired) electrons. The number of aromatic amines is 1. The largest absolute Gasteiger partial charge is 0.508 e. The quantitative estimate of drug-likeness (QED) is 0.0968. The van der Waals surface area contributed by atoms with Gasteiger partial charge in [0.05, 0.1) is 47.2 Å². The molecule has 4 aliphatic rings. The number of carbonyl (C=O) groups is 2. The zero-order valence-corrected chi connectivity index (χ0v) is 43.6.